The lowest BCUT2D eigenvalue weighted by molar-refractivity contribution is -0.140. The molecule has 2 fully saturated rings. The number of morpholine rings is 1. The molecule has 0 bridgehead atoms. The second-order valence-corrected chi connectivity index (χ2v) is 8.61. The van der Waals surface area contributed by atoms with Crippen molar-refractivity contribution in [2.24, 2.45) is 7.05 Å². The first-order valence-corrected chi connectivity index (χ1v) is 10.9. The first-order chi connectivity index (χ1) is 14.4. The molecular weight excluding hydrogens is 404 g/mol. The van der Waals surface area contributed by atoms with E-state index in [1.165, 1.54) is 11.3 Å². The number of Topliss-reactive ketones (excluding diaryl/α,β-unsaturated/α-hetero) is 1. The molecule has 1 atom stereocenters. The zero-order valence-electron chi connectivity index (χ0n) is 17.4. The summed E-state index contributed by atoms with van der Waals surface area (Å²) >= 11 is 1.47. The lowest BCUT2D eigenvalue weighted by atomic mass is 9.99. The first kappa shape index (κ1) is 20.8. The third-order valence-corrected chi connectivity index (χ3v) is 6.78. The Bertz CT molecular complexity index is 989. The smallest absolute Gasteiger partial charge is 0.295 e. The molecule has 0 radical (unpaired) electrons. The average Bonchev–Trinajstić information content (AvgIpc) is 3.41. The van der Waals surface area contributed by atoms with Crippen LogP contribution in [0.25, 0.3) is 5.76 Å². The summed E-state index contributed by atoms with van der Waals surface area (Å²) in [7, 11) is 1.79. The first-order valence-electron chi connectivity index (χ1n) is 10.0. The van der Waals surface area contributed by atoms with Crippen LogP contribution in [0.4, 0.5) is 0 Å². The van der Waals surface area contributed by atoms with E-state index in [-0.39, 0.29) is 11.3 Å². The molecule has 0 unspecified atom stereocenters. The molecule has 30 heavy (non-hydrogen) atoms. The van der Waals surface area contributed by atoms with E-state index in [9.17, 15) is 14.7 Å². The second kappa shape index (κ2) is 8.33. The summed E-state index contributed by atoms with van der Waals surface area (Å²) in [5.41, 5.74) is 2.03. The molecule has 160 valence electrons. The van der Waals surface area contributed by atoms with Gasteiger partial charge in [0.2, 0.25) is 0 Å². The van der Waals surface area contributed by atoms with E-state index < -0.39 is 17.7 Å². The number of ether oxygens (including phenoxy) is 1. The van der Waals surface area contributed by atoms with Crippen LogP contribution in [0.3, 0.4) is 0 Å². The molecule has 2 saturated heterocycles. The normalized spacial score (nSPS) is 22.2. The number of rotatable bonds is 5. The maximum atomic E-state index is 13.1. The number of carbonyl (C=O) groups excluding carboxylic acids is 2. The molecule has 4 heterocycles. The number of likely N-dealkylation sites (tertiary alicyclic amines) is 1. The molecule has 2 aliphatic heterocycles. The van der Waals surface area contributed by atoms with Crippen molar-refractivity contribution in [1.82, 2.24) is 19.6 Å². The third-order valence-electron chi connectivity index (χ3n) is 5.86. The molecule has 1 N–H and O–H groups in total. The Kier molecular flexibility index (Phi) is 5.77. The van der Waals surface area contributed by atoms with Crippen LogP contribution in [0, 0.1) is 13.8 Å². The van der Waals surface area contributed by atoms with Crippen LogP contribution in [0.2, 0.25) is 0 Å². The fourth-order valence-electron chi connectivity index (χ4n) is 4.18. The van der Waals surface area contributed by atoms with Crippen molar-refractivity contribution >= 4 is 28.8 Å². The van der Waals surface area contributed by atoms with Crippen molar-refractivity contribution in [1.29, 1.82) is 0 Å². The molecule has 4 rings (SSSR count). The van der Waals surface area contributed by atoms with Crippen LogP contribution in [0.1, 0.15) is 27.9 Å². The van der Waals surface area contributed by atoms with E-state index in [1.807, 2.05) is 24.4 Å². The number of aryl methyl sites for hydroxylation is 2. The molecule has 2 aromatic rings. The average molecular weight is 431 g/mol. The number of amides is 1. The second-order valence-electron chi connectivity index (χ2n) is 7.63. The highest BCUT2D eigenvalue weighted by Crippen LogP contribution is 2.41. The van der Waals surface area contributed by atoms with Crippen LogP contribution < -0.4 is 0 Å². The van der Waals surface area contributed by atoms with Crippen molar-refractivity contribution in [3.63, 3.8) is 0 Å². The van der Waals surface area contributed by atoms with E-state index in [4.69, 9.17) is 4.74 Å². The minimum Gasteiger partial charge on any atom is -0.507 e. The fraction of sp³-hybridized carbons (Fsp3) is 0.476. The topological polar surface area (TPSA) is 87.9 Å². The van der Waals surface area contributed by atoms with Crippen molar-refractivity contribution in [3.8, 4) is 0 Å². The lowest BCUT2D eigenvalue weighted by Gasteiger charge is -2.30. The largest absolute Gasteiger partial charge is 0.507 e. The maximum Gasteiger partial charge on any atom is 0.295 e. The Morgan fingerprint density at radius 1 is 1.27 bits per heavy atom. The number of nitrogens with zero attached hydrogens (tertiary/aromatic N) is 4. The highest BCUT2D eigenvalue weighted by atomic mass is 32.1. The van der Waals surface area contributed by atoms with Gasteiger partial charge in [-0.2, -0.15) is 5.10 Å². The third kappa shape index (κ3) is 3.57. The molecule has 8 nitrogen and oxygen atoms in total. The number of aliphatic hydroxyl groups is 1. The predicted octanol–water partition coefficient (Wildman–Crippen LogP) is 1.85. The van der Waals surface area contributed by atoms with Gasteiger partial charge in [-0.3, -0.25) is 19.2 Å². The summed E-state index contributed by atoms with van der Waals surface area (Å²) in [6.45, 7) is 7.65. The van der Waals surface area contributed by atoms with E-state index >= 15 is 0 Å². The van der Waals surface area contributed by atoms with Crippen molar-refractivity contribution < 1.29 is 19.4 Å². The minimum atomic E-state index is -0.643. The van der Waals surface area contributed by atoms with Gasteiger partial charge in [-0.25, -0.2) is 0 Å². The van der Waals surface area contributed by atoms with Crippen LogP contribution in [-0.4, -0.2) is 75.8 Å². The van der Waals surface area contributed by atoms with Gasteiger partial charge in [0, 0.05) is 43.8 Å². The van der Waals surface area contributed by atoms with Gasteiger partial charge in [0.1, 0.15) is 5.76 Å². The van der Waals surface area contributed by atoms with E-state index in [1.54, 1.807) is 23.6 Å². The zero-order valence-corrected chi connectivity index (χ0v) is 18.2. The zero-order chi connectivity index (χ0) is 21.4. The van der Waals surface area contributed by atoms with Gasteiger partial charge in [-0.15, -0.1) is 11.3 Å². The van der Waals surface area contributed by atoms with Gasteiger partial charge in [0.05, 0.1) is 36.1 Å². The standard InChI is InChI=1S/C21H26N4O4S/c1-13-16(14(2)23(3)22-13)19(26)17-18(15-5-4-12-30-15)25(21(28)20(17)27)7-6-24-8-10-29-11-9-24/h4-5,12,18,26H,6-11H2,1-3H3/t18-/m0/s1. The van der Waals surface area contributed by atoms with Gasteiger partial charge in [0.25, 0.3) is 11.7 Å². The summed E-state index contributed by atoms with van der Waals surface area (Å²) < 4.78 is 7.05. The van der Waals surface area contributed by atoms with Crippen LogP contribution in [0.5, 0.6) is 0 Å². The number of aliphatic hydroxyl groups excluding tert-OH is 1. The van der Waals surface area contributed by atoms with Gasteiger partial charge >= 0.3 is 0 Å². The molecule has 0 aromatic carbocycles. The van der Waals surface area contributed by atoms with Gasteiger partial charge in [0.15, 0.2) is 0 Å². The summed E-state index contributed by atoms with van der Waals surface area (Å²) in [6.07, 6.45) is 0. The summed E-state index contributed by atoms with van der Waals surface area (Å²) in [5.74, 6) is -1.36. The molecule has 2 aromatic heterocycles. The Morgan fingerprint density at radius 3 is 2.60 bits per heavy atom. The van der Waals surface area contributed by atoms with Crippen LogP contribution in [-0.2, 0) is 21.4 Å². The monoisotopic (exact) mass is 430 g/mol. The molecule has 0 spiro atoms. The quantitative estimate of drug-likeness (QED) is 0.443. The van der Waals surface area contributed by atoms with Crippen molar-refractivity contribution in [3.05, 3.63) is 44.9 Å². The number of hydrogen-bond acceptors (Lipinski definition) is 7. The SMILES string of the molecule is Cc1nn(C)c(C)c1C(O)=C1C(=O)C(=O)N(CCN2CCOCC2)[C@H]1c1cccs1. The number of aromatic nitrogens is 2. The molecule has 1 amide bonds. The fourth-order valence-corrected chi connectivity index (χ4v) is 5.02. The summed E-state index contributed by atoms with van der Waals surface area (Å²) in [4.78, 5) is 30.7. The maximum absolute atomic E-state index is 13.1. The number of thiophene rings is 1. The highest BCUT2D eigenvalue weighted by molar-refractivity contribution is 7.10. The van der Waals surface area contributed by atoms with Crippen LogP contribution >= 0.6 is 11.3 Å². The van der Waals surface area contributed by atoms with Crippen molar-refractivity contribution in [2.75, 3.05) is 39.4 Å². The predicted molar refractivity (Wildman–Crippen MR) is 113 cm³/mol. The van der Waals surface area contributed by atoms with Crippen molar-refractivity contribution in [2.45, 2.75) is 19.9 Å². The molecular formula is C21H26N4O4S. The van der Waals surface area contributed by atoms with Crippen LogP contribution in [0.15, 0.2) is 23.1 Å². The molecule has 2 aliphatic rings. The number of hydrogen-bond donors (Lipinski definition) is 1. The summed E-state index contributed by atoms with van der Waals surface area (Å²) in [5, 5.41) is 17.5. The van der Waals surface area contributed by atoms with Gasteiger partial charge in [-0.05, 0) is 25.3 Å². The lowest BCUT2D eigenvalue weighted by Crippen LogP contribution is -2.42. The summed E-state index contributed by atoms with van der Waals surface area (Å²) in [6, 6.07) is 3.20. The van der Waals surface area contributed by atoms with E-state index in [0.29, 0.717) is 37.6 Å². The van der Waals surface area contributed by atoms with Gasteiger partial charge < -0.3 is 14.7 Å². The Hall–Kier alpha value is -2.49. The Labute approximate surface area is 179 Å². The number of ketones is 1. The van der Waals surface area contributed by atoms with E-state index in [0.717, 1.165) is 23.7 Å². The Balaban J connectivity index is 1.74. The molecule has 0 aliphatic carbocycles. The number of carbonyl (C=O) groups is 2. The van der Waals surface area contributed by atoms with Gasteiger partial charge in [-0.1, -0.05) is 6.07 Å². The molecule has 0 saturated carbocycles. The Morgan fingerprint density at radius 2 is 2.00 bits per heavy atom. The van der Waals surface area contributed by atoms with E-state index in [2.05, 4.69) is 10.00 Å². The molecule has 9 heteroatoms. The highest BCUT2D eigenvalue weighted by Gasteiger charge is 2.47. The minimum absolute atomic E-state index is 0.142.